The maximum absolute atomic E-state index is 11.8. The van der Waals surface area contributed by atoms with Gasteiger partial charge in [-0.15, -0.1) is 0 Å². The van der Waals surface area contributed by atoms with Crippen molar-refractivity contribution in [3.63, 3.8) is 0 Å². The summed E-state index contributed by atoms with van der Waals surface area (Å²) in [5.74, 6) is 1.31. The van der Waals surface area contributed by atoms with E-state index >= 15 is 0 Å². The van der Waals surface area contributed by atoms with Crippen LogP contribution < -0.4 is 10.5 Å². The zero-order valence-corrected chi connectivity index (χ0v) is 17.8. The molecule has 7 heteroatoms. The third kappa shape index (κ3) is 3.76. The molecule has 2 aromatic heterocycles. The molecule has 0 saturated carbocycles. The van der Waals surface area contributed by atoms with E-state index < -0.39 is 9.84 Å². The van der Waals surface area contributed by atoms with Crippen molar-refractivity contribution >= 4 is 21.2 Å². The summed E-state index contributed by atoms with van der Waals surface area (Å²) in [5, 5.41) is 0. The van der Waals surface area contributed by atoms with E-state index in [0.29, 0.717) is 17.2 Å². The van der Waals surface area contributed by atoms with Crippen molar-refractivity contribution in [1.82, 2.24) is 9.38 Å². The molecule has 0 atom stereocenters. The number of nitrogens with zero attached hydrogens (tertiary/aromatic N) is 2. The van der Waals surface area contributed by atoms with Gasteiger partial charge in [0.2, 0.25) is 0 Å². The number of benzene rings is 2. The van der Waals surface area contributed by atoms with Gasteiger partial charge in [-0.05, 0) is 60.5 Å². The van der Waals surface area contributed by atoms with E-state index in [2.05, 4.69) is 13.8 Å². The fourth-order valence-corrected chi connectivity index (χ4v) is 4.04. The van der Waals surface area contributed by atoms with Crippen LogP contribution in [0.4, 0.5) is 5.69 Å². The van der Waals surface area contributed by atoms with Crippen LogP contribution in [0.2, 0.25) is 0 Å². The van der Waals surface area contributed by atoms with Crippen LogP contribution in [0.1, 0.15) is 25.5 Å². The molecular weight excluding hydrogens is 398 g/mol. The molecule has 0 radical (unpaired) electrons. The Kier molecular flexibility index (Phi) is 4.99. The maximum Gasteiger partial charge on any atom is 0.175 e. The number of sulfone groups is 1. The third-order valence-corrected chi connectivity index (χ3v) is 5.96. The molecule has 0 bridgehead atoms. The Labute approximate surface area is 175 Å². The van der Waals surface area contributed by atoms with E-state index in [1.54, 1.807) is 18.2 Å². The minimum absolute atomic E-state index is 0.224. The van der Waals surface area contributed by atoms with Crippen LogP contribution in [-0.4, -0.2) is 24.1 Å². The largest absolute Gasteiger partial charge is 0.457 e. The highest BCUT2D eigenvalue weighted by atomic mass is 32.2. The second kappa shape index (κ2) is 7.50. The molecule has 2 heterocycles. The summed E-state index contributed by atoms with van der Waals surface area (Å²) in [6.45, 7) is 4.21. The number of fused-ring (bicyclic) bond motifs is 1. The van der Waals surface area contributed by atoms with Gasteiger partial charge in [0.15, 0.2) is 15.5 Å². The van der Waals surface area contributed by atoms with Crippen molar-refractivity contribution in [3.05, 3.63) is 72.6 Å². The highest BCUT2D eigenvalue weighted by Crippen LogP contribution is 2.33. The molecule has 0 aliphatic carbocycles. The van der Waals surface area contributed by atoms with Gasteiger partial charge in [-0.3, -0.25) is 4.40 Å². The number of anilines is 1. The van der Waals surface area contributed by atoms with Gasteiger partial charge >= 0.3 is 0 Å². The fraction of sp³-hybridized carbons (Fsp3) is 0.174. The fourth-order valence-electron chi connectivity index (χ4n) is 3.38. The summed E-state index contributed by atoms with van der Waals surface area (Å²) in [6.07, 6.45) is 3.14. The molecule has 154 valence electrons. The van der Waals surface area contributed by atoms with Crippen LogP contribution in [0.3, 0.4) is 0 Å². The van der Waals surface area contributed by atoms with Crippen molar-refractivity contribution in [1.29, 1.82) is 0 Å². The number of rotatable bonds is 5. The Morgan fingerprint density at radius 1 is 1.00 bits per heavy atom. The molecule has 0 saturated heterocycles. The van der Waals surface area contributed by atoms with E-state index in [9.17, 15) is 8.42 Å². The molecule has 0 aliphatic rings. The van der Waals surface area contributed by atoms with Gasteiger partial charge in [0.25, 0.3) is 0 Å². The third-order valence-electron chi connectivity index (χ3n) is 4.85. The first kappa shape index (κ1) is 20.0. The van der Waals surface area contributed by atoms with Gasteiger partial charge in [-0.2, -0.15) is 0 Å². The quantitative estimate of drug-likeness (QED) is 0.495. The Hall–Kier alpha value is -3.32. The van der Waals surface area contributed by atoms with Gasteiger partial charge in [0, 0.05) is 18.0 Å². The first-order valence-corrected chi connectivity index (χ1v) is 11.5. The van der Waals surface area contributed by atoms with Crippen LogP contribution in [0, 0.1) is 0 Å². The lowest BCUT2D eigenvalue weighted by molar-refractivity contribution is 0.481. The zero-order valence-electron chi connectivity index (χ0n) is 17.0. The highest BCUT2D eigenvalue weighted by molar-refractivity contribution is 7.90. The van der Waals surface area contributed by atoms with Crippen LogP contribution in [0.15, 0.2) is 71.8 Å². The Balaban J connectivity index is 1.70. The lowest BCUT2D eigenvalue weighted by atomic mass is 10.0. The summed E-state index contributed by atoms with van der Waals surface area (Å²) in [4.78, 5) is 4.98. The van der Waals surface area contributed by atoms with Crippen LogP contribution in [0.25, 0.3) is 16.9 Å². The minimum atomic E-state index is -3.29. The van der Waals surface area contributed by atoms with Crippen molar-refractivity contribution in [2.75, 3.05) is 12.0 Å². The van der Waals surface area contributed by atoms with Crippen LogP contribution in [-0.2, 0) is 9.84 Å². The number of nitrogen functional groups attached to an aromatic ring is 1. The smallest absolute Gasteiger partial charge is 0.175 e. The second-order valence-electron chi connectivity index (χ2n) is 7.53. The molecule has 4 aromatic rings. The topological polar surface area (TPSA) is 86.7 Å². The molecule has 0 spiro atoms. The second-order valence-corrected chi connectivity index (χ2v) is 9.55. The van der Waals surface area contributed by atoms with E-state index in [0.717, 1.165) is 22.6 Å². The molecular formula is C23H23N3O3S. The average Bonchev–Trinajstić information content (AvgIpc) is 3.10. The lowest BCUT2D eigenvalue weighted by Gasteiger charge is -2.10. The maximum atomic E-state index is 11.8. The normalized spacial score (nSPS) is 11.9. The van der Waals surface area contributed by atoms with E-state index in [1.165, 1.54) is 12.3 Å². The molecule has 0 fully saturated rings. The molecule has 2 aromatic carbocycles. The molecule has 0 amide bonds. The number of nitrogens with two attached hydrogens (primary N) is 1. The molecule has 4 rings (SSSR count). The number of ether oxygens (including phenoxy) is 1. The average molecular weight is 422 g/mol. The first-order chi connectivity index (χ1) is 14.2. The Morgan fingerprint density at radius 3 is 2.40 bits per heavy atom. The SMILES string of the molecule is CC(C)c1nc2c(N)cccn2c1-c1ccc(Oc2cccc(S(C)(=O)=O)c2)cc1. The monoisotopic (exact) mass is 421 g/mol. The predicted octanol–water partition coefficient (Wildman–Crippen LogP) is 4.90. The number of hydrogen-bond acceptors (Lipinski definition) is 5. The summed E-state index contributed by atoms with van der Waals surface area (Å²) < 4.78 is 31.4. The number of imidazole rings is 1. The number of hydrogen-bond donors (Lipinski definition) is 1. The summed E-state index contributed by atoms with van der Waals surface area (Å²) in [7, 11) is -3.29. The highest BCUT2D eigenvalue weighted by Gasteiger charge is 2.18. The van der Waals surface area contributed by atoms with Gasteiger partial charge in [-0.1, -0.05) is 19.9 Å². The van der Waals surface area contributed by atoms with Crippen LogP contribution >= 0.6 is 0 Å². The minimum Gasteiger partial charge on any atom is -0.457 e. The molecule has 6 nitrogen and oxygen atoms in total. The van der Waals surface area contributed by atoms with E-state index in [4.69, 9.17) is 15.5 Å². The zero-order chi connectivity index (χ0) is 21.5. The van der Waals surface area contributed by atoms with Gasteiger partial charge in [-0.25, -0.2) is 13.4 Å². The van der Waals surface area contributed by atoms with Crippen molar-refractivity contribution in [2.24, 2.45) is 0 Å². The number of aromatic nitrogens is 2. The molecule has 2 N–H and O–H groups in total. The van der Waals surface area contributed by atoms with Crippen LogP contribution in [0.5, 0.6) is 11.5 Å². The van der Waals surface area contributed by atoms with E-state index in [-0.39, 0.29) is 10.8 Å². The summed E-state index contributed by atoms with van der Waals surface area (Å²) >= 11 is 0. The summed E-state index contributed by atoms with van der Waals surface area (Å²) in [5.41, 5.74) is 10.5. The molecule has 0 unspecified atom stereocenters. The lowest BCUT2D eigenvalue weighted by Crippen LogP contribution is -1.97. The van der Waals surface area contributed by atoms with Crippen molar-refractivity contribution < 1.29 is 13.2 Å². The van der Waals surface area contributed by atoms with Crippen molar-refractivity contribution in [3.8, 4) is 22.8 Å². The van der Waals surface area contributed by atoms with Gasteiger partial charge in [0.05, 0.1) is 22.0 Å². The summed E-state index contributed by atoms with van der Waals surface area (Å²) in [6, 6.07) is 17.9. The molecule has 0 aliphatic heterocycles. The number of pyridine rings is 1. The molecule has 30 heavy (non-hydrogen) atoms. The first-order valence-electron chi connectivity index (χ1n) is 9.59. The van der Waals surface area contributed by atoms with Gasteiger partial charge < -0.3 is 10.5 Å². The van der Waals surface area contributed by atoms with E-state index in [1.807, 2.05) is 47.0 Å². The van der Waals surface area contributed by atoms with Gasteiger partial charge in [0.1, 0.15) is 11.5 Å². The Bertz CT molecular complexity index is 1320. The van der Waals surface area contributed by atoms with Crippen molar-refractivity contribution in [2.45, 2.75) is 24.7 Å². The predicted molar refractivity (Wildman–Crippen MR) is 119 cm³/mol. The Morgan fingerprint density at radius 2 is 1.73 bits per heavy atom. The standard InChI is InChI=1S/C23H23N3O3S/c1-15(2)21-22(26-13-5-8-20(24)23(26)25-21)16-9-11-17(12-10-16)29-18-6-4-7-19(14-18)30(3,27)28/h4-15H,24H2,1-3H3.